The van der Waals surface area contributed by atoms with Crippen molar-refractivity contribution in [3.63, 3.8) is 0 Å². The largest absolute Gasteiger partial charge is 0.466 e. The van der Waals surface area contributed by atoms with Gasteiger partial charge in [0.1, 0.15) is 0 Å². The van der Waals surface area contributed by atoms with Crippen molar-refractivity contribution in [1.82, 2.24) is 0 Å². The first-order chi connectivity index (χ1) is 11.1. The van der Waals surface area contributed by atoms with Crippen LogP contribution in [-0.4, -0.2) is 41.4 Å². The van der Waals surface area contributed by atoms with E-state index in [1.807, 2.05) is 30.4 Å². The SMILES string of the molecule is CCOC(=O)[C@H]1[C@@H](C)C=C(C2SCCCS2)C2=C(C)CCO[C@@H]21. The molecule has 0 amide bonds. The Balaban J connectivity index is 1.97. The zero-order valence-electron chi connectivity index (χ0n) is 14.2. The Labute approximate surface area is 147 Å². The van der Waals surface area contributed by atoms with Gasteiger partial charge in [-0.3, -0.25) is 4.79 Å². The molecule has 1 aliphatic carbocycles. The third-order valence-corrected chi connectivity index (χ3v) is 7.78. The number of allylic oxidation sites excluding steroid dienone is 1. The molecule has 0 aromatic rings. The van der Waals surface area contributed by atoms with E-state index in [9.17, 15) is 4.79 Å². The average Bonchev–Trinajstić information content (AvgIpc) is 2.55. The molecule has 23 heavy (non-hydrogen) atoms. The number of rotatable bonds is 3. The number of thioether (sulfide) groups is 2. The lowest BCUT2D eigenvalue weighted by Gasteiger charge is -2.42. The zero-order valence-corrected chi connectivity index (χ0v) is 15.8. The molecule has 128 valence electrons. The molecule has 3 rings (SSSR count). The van der Waals surface area contributed by atoms with Crippen LogP contribution in [0, 0.1) is 11.8 Å². The first-order valence-corrected chi connectivity index (χ1v) is 10.7. The highest BCUT2D eigenvalue weighted by Crippen LogP contribution is 2.47. The second-order valence-electron chi connectivity index (χ2n) is 6.42. The fraction of sp³-hybridized carbons (Fsp3) is 0.722. The van der Waals surface area contributed by atoms with E-state index in [1.54, 1.807) is 0 Å². The van der Waals surface area contributed by atoms with Crippen LogP contribution in [0.5, 0.6) is 0 Å². The molecule has 0 spiro atoms. The number of ether oxygens (including phenoxy) is 2. The number of carbonyl (C=O) groups is 1. The van der Waals surface area contributed by atoms with Crippen molar-refractivity contribution in [2.45, 2.75) is 44.3 Å². The molecule has 1 saturated heterocycles. The van der Waals surface area contributed by atoms with Gasteiger partial charge in [0.05, 0.1) is 29.8 Å². The van der Waals surface area contributed by atoms with Crippen molar-refractivity contribution in [3.8, 4) is 0 Å². The highest BCUT2D eigenvalue weighted by molar-refractivity contribution is 8.17. The zero-order chi connectivity index (χ0) is 16.4. The second kappa shape index (κ2) is 7.66. The maximum Gasteiger partial charge on any atom is 0.312 e. The Hall–Kier alpha value is -0.390. The molecular weight excluding hydrogens is 328 g/mol. The van der Waals surface area contributed by atoms with E-state index in [4.69, 9.17) is 9.47 Å². The minimum absolute atomic E-state index is 0.114. The maximum absolute atomic E-state index is 12.5. The highest BCUT2D eigenvalue weighted by Gasteiger charge is 2.44. The summed E-state index contributed by atoms with van der Waals surface area (Å²) in [7, 11) is 0. The molecule has 0 radical (unpaired) electrons. The van der Waals surface area contributed by atoms with E-state index in [-0.39, 0.29) is 23.9 Å². The quantitative estimate of drug-likeness (QED) is 0.715. The van der Waals surface area contributed by atoms with E-state index in [2.05, 4.69) is 19.9 Å². The van der Waals surface area contributed by atoms with Crippen LogP contribution in [0.15, 0.2) is 22.8 Å². The van der Waals surface area contributed by atoms with Crippen molar-refractivity contribution in [3.05, 3.63) is 22.8 Å². The highest BCUT2D eigenvalue weighted by atomic mass is 32.2. The predicted octanol–water partition coefficient (Wildman–Crippen LogP) is 4.04. The van der Waals surface area contributed by atoms with Gasteiger partial charge in [0.15, 0.2) is 0 Å². The number of hydrogen-bond acceptors (Lipinski definition) is 5. The van der Waals surface area contributed by atoms with Crippen LogP contribution < -0.4 is 0 Å². The van der Waals surface area contributed by atoms with Gasteiger partial charge in [-0.05, 0) is 55.3 Å². The Kier molecular flexibility index (Phi) is 5.81. The molecule has 3 atom stereocenters. The van der Waals surface area contributed by atoms with Crippen LogP contribution in [-0.2, 0) is 14.3 Å². The molecule has 0 N–H and O–H groups in total. The predicted molar refractivity (Wildman–Crippen MR) is 97.7 cm³/mol. The van der Waals surface area contributed by atoms with Crippen LogP contribution >= 0.6 is 23.5 Å². The van der Waals surface area contributed by atoms with Gasteiger partial charge in [-0.1, -0.05) is 18.6 Å². The van der Waals surface area contributed by atoms with Gasteiger partial charge in [0.2, 0.25) is 0 Å². The lowest BCUT2D eigenvalue weighted by atomic mass is 9.74. The van der Waals surface area contributed by atoms with Crippen molar-refractivity contribution in [1.29, 1.82) is 0 Å². The molecule has 3 nitrogen and oxygen atoms in total. The van der Waals surface area contributed by atoms with Gasteiger partial charge >= 0.3 is 5.97 Å². The summed E-state index contributed by atoms with van der Waals surface area (Å²) >= 11 is 4.08. The molecule has 0 bridgehead atoms. The standard InChI is InChI=1S/C18H26O3S2/c1-4-20-17(19)15-12(3)10-13(18-22-8-5-9-23-18)14-11(2)6-7-21-16(14)15/h10,12,15-16,18H,4-9H2,1-3H3/t12-,15-,16-/m0/s1. The summed E-state index contributed by atoms with van der Waals surface area (Å²) in [6.45, 7) is 7.34. The molecule has 0 aromatic carbocycles. The first kappa shape index (κ1) is 17.4. The summed E-state index contributed by atoms with van der Waals surface area (Å²) in [5.41, 5.74) is 4.09. The monoisotopic (exact) mass is 354 g/mol. The van der Waals surface area contributed by atoms with Gasteiger partial charge in [0.25, 0.3) is 0 Å². The first-order valence-electron chi connectivity index (χ1n) is 8.56. The van der Waals surface area contributed by atoms with Crippen LogP contribution in [0.3, 0.4) is 0 Å². The van der Waals surface area contributed by atoms with E-state index in [1.165, 1.54) is 34.6 Å². The Morgan fingerprint density at radius 2 is 2.13 bits per heavy atom. The van der Waals surface area contributed by atoms with Crippen molar-refractivity contribution in [2.24, 2.45) is 11.8 Å². The molecule has 0 aromatic heterocycles. The summed E-state index contributed by atoms with van der Waals surface area (Å²) < 4.78 is 11.9. The van der Waals surface area contributed by atoms with Crippen LogP contribution in [0.25, 0.3) is 0 Å². The summed E-state index contributed by atoms with van der Waals surface area (Å²) in [6, 6.07) is 0. The van der Waals surface area contributed by atoms with E-state index in [0.717, 1.165) is 6.42 Å². The Bertz CT molecular complexity index is 520. The van der Waals surface area contributed by atoms with Gasteiger partial charge in [-0.15, -0.1) is 23.5 Å². The summed E-state index contributed by atoms with van der Waals surface area (Å²) in [6.07, 6.45) is 4.45. The molecule has 3 aliphatic rings. The Morgan fingerprint density at radius 3 is 2.83 bits per heavy atom. The molecule has 1 fully saturated rings. The smallest absolute Gasteiger partial charge is 0.312 e. The fourth-order valence-electron chi connectivity index (χ4n) is 3.70. The van der Waals surface area contributed by atoms with Crippen LogP contribution in [0.2, 0.25) is 0 Å². The van der Waals surface area contributed by atoms with Crippen LogP contribution in [0.1, 0.15) is 33.6 Å². The molecule has 0 unspecified atom stereocenters. The number of esters is 1. The summed E-state index contributed by atoms with van der Waals surface area (Å²) in [5, 5.41) is 0. The van der Waals surface area contributed by atoms with Crippen molar-refractivity contribution < 1.29 is 14.3 Å². The van der Waals surface area contributed by atoms with Crippen molar-refractivity contribution >= 4 is 29.5 Å². The molecule has 2 aliphatic heterocycles. The minimum Gasteiger partial charge on any atom is -0.466 e. The second-order valence-corrected chi connectivity index (χ2v) is 9.15. The molecule has 2 heterocycles. The Morgan fingerprint density at radius 1 is 1.39 bits per heavy atom. The molecular formula is C18H26O3S2. The van der Waals surface area contributed by atoms with E-state index in [0.29, 0.717) is 17.8 Å². The number of carbonyl (C=O) groups excluding carboxylic acids is 1. The summed E-state index contributed by atoms with van der Waals surface area (Å²) in [5.74, 6) is 2.29. The maximum atomic E-state index is 12.5. The van der Waals surface area contributed by atoms with E-state index < -0.39 is 0 Å². The minimum atomic E-state index is -0.206. The van der Waals surface area contributed by atoms with Crippen molar-refractivity contribution in [2.75, 3.05) is 24.7 Å². The number of hydrogen-bond donors (Lipinski definition) is 0. The number of fused-ring (bicyclic) bond motifs is 1. The van der Waals surface area contributed by atoms with Gasteiger partial charge in [0, 0.05) is 0 Å². The molecule has 0 saturated carbocycles. The summed E-state index contributed by atoms with van der Waals surface area (Å²) in [4.78, 5) is 12.5. The normalized spacial score (nSPS) is 32.3. The van der Waals surface area contributed by atoms with Crippen LogP contribution in [0.4, 0.5) is 0 Å². The third-order valence-electron chi connectivity index (χ3n) is 4.80. The van der Waals surface area contributed by atoms with E-state index >= 15 is 0 Å². The lowest BCUT2D eigenvalue weighted by Crippen LogP contribution is -2.44. The third kappa shape index (κ3) is 3.52. The lowest BCUT2D eigenvalue weighted by molar-refractivity contribution is -0.155. The fourth-order valence-corrected chi connectivity index (χ4v) is 6.66. The van der Waals surface area contributed by atoms with Gasteiger partial charge < -0.3 is 9.47 Å². The topological polar surface area (TPSA) is 35.5 Å². The average molecular weight is 355 g/mol. The van der Waals surface area contributed by atoms with Gasteiger partial charge in [-0.25, -0.2) is 0 Å². The van der Waals surface area contributed by atoms with Gasteiger partial charge in [-0.2, -0.15) is 0 Å². The molecule has 5 heteroatoms.